The molecule has 0 saturated carbocycles. The minimum absolute atomic E-state index is 0.172. The Kier molecular flexibility index (Phi) is 7.37. The van der Waals surface area contributed by atoms with E-state index < -0.39 is 0 Å². The number of hydrogen-bond donors (Lipinski definition) is 3. The molecule has 1 atom stereocenters. The Morgan fingerprint density at radius 2 is 2.04 bits per heavy atom. The van der Waals surface area contributed by atoms with Crippen LogP contribution in [0.25, 0.3) is 0 Å². The first-order chi connectivity index (χ1) is 11.6. The highest BCUT2D eigenvalue weighted by atomic mass is 16.3. The van der Waals surface area contributed by atoms with Gasteiger partial charge in [0, 0.05) is 37.6 Å². The number of urea groups is 1. The van der Waals surface area contributed by atoms with Crippen molar-refractivity contribution in [1.82, 2.24) is 5.32 Å². The van der Waals surface area contributed by atoms with Crippen LogP contribution >= 0.6 is 0 Å². The lowest BCUT2D eigenvalue weighted by molar-refractivity contribution is 0.236. The van der Waals surface area contributed by atoms with E-state index in [0.717, 1.165) is 43.6 Å². The fraction of sp³-hybridized carbons (Fsp3) is 0.632. The van der Waals surface area contributed by atoms with Gasteiger partial charge in [-0.2, -0.15) is 0 Å². The van der Waals surface area contributed by atoms with Gasteiger partial charge < -0.3 is 20.6 Å². The van der Waals surface area contributed by atoms with E-state index in [1.807, 2.05) is 13.0 Å². The average Bonchev–Trinajstić information content (AvgIpc) is 3.09. The van der Waals surface area contributed by atoms with Gasteiger partial charge in [0.15, 0.2) is 0 Å². The Hall–Kier alpha value is -1.75. The highest BCUT2D eigenvalue weighted by Crippen LogP contribution is 2.25. The summed E-state index contributed by atoms with van der Waals surface area (Å²) in [4.78, 5) is 14.5. The van der Waals surface area contributed by atoms with E-state index in [2.05, 4.69) is 34.6 Å². The second-order valence-corrected chi connectivity index (χ2v) is 6.70. The van der Waals surface area contributed by atoms with Gasteiger partial charge in [-0.05, 0) is 62.3 Å². The molecule has 0 radical (unpaired) electrons. The Morgan fingerprint density at radius 3 is 2.67 bits per heavy atom. The Bertz CT molecular complexity index is 521. The van der Waals surface area contributed by atoms with Crippen LogP contribution in [0.4, 0.5) is 16.2 Å². The highest BCUT2D eigenvalue weighted by Gasteiger charge is 2.14. The molecule has 0 aliphatic carbocycles. The van der Waals surface area contributed by atoms with Gasteiger partial charge in [-0.3, -0.25) is 0 Å². The smallest absolute Gasteiger partial charge is 0.319 e. The third-order valence-electron chi connectivity index (χ3n) is 4.71. The SMILES string of the molecule is CCCC(CCO)CNC(=O)Nc1ccc(N2CCCC2)cc1C. The molecule has 1 aliphatic heterocycles. The molecular formula is C19H31N3O2. The van der Waals surface area contributed by atoms with Crippen molar-refractivity contribution in [1.29, 1.82) is 0 Å². The molecule has 1 aliphatic rings. The molecule has 0 bridgehead atoms. The molecule has 0 aromatic heterocycles. The van der Waals surface area contributed by atoms with Gasteiger partial charge >= 0.3 is 6.03 Å². The molecule has 24 heavy (non-hydrogen) atoms. The molecule has 3 N–H and O–H groups in total. The van der Waals surface area contributed by atoms with Crippen molar-refractivity contribution in [3.63, 3.8) is 0 Å². The highest BCUT2D eigenvalue weighted by molar-refractivity contribution is 5.90. The third-order valence-corrected chi connectivity index (χ3v) is 4.71. The maximum atomic E-state index is 12.1. The summed E-state index contributed by atoms with van der Waals surface area (Å²) in [7, 11) is 0. The van der Waals surface area contributed by atoms with Crippen LogP contribution in [0.5, 0.6) is 0 Å². The monoisotopic (exact) mass is 333 g/mol. The summed E-state index contributed by atoms with van der Waals surface area (Å²) in [6.07, 6.45) is 5.33. The number of aryl methyl sites for hydroxylation is 1. The predicted molar refractivity (Wildman–Crippen MR) is 99.7 cm³/mol. The minimum atomic E-state index is -0.175. The second kappa shape index (κ2) is 9.52. The first-order valence-electron chi connectivity index (χ1n) is 9.15. The van der Waals surface area contributed by atoms with Crippen LogP contribution in [-0.4, -0.2) is 37.4 Å². The van der Waals surface area contributed by atoms with Gasteiger partial charge in [0.2, 0.25) is 0 Å². The summed E-state index contributed by atoms with van der Waals surface area (Å²) < 4.78 is 0. The van der Waals surface area contributed by atoms with Crippen molar-refractivity contribution in [3.8, 4) is 0 Å². The lowest BCUT2D eigenvalue weighted by Gasteiger charge is -2.20. The number of nitrogens with zero attached hydrogens (tertiary/aromatic N) is 1. The molecular weight excluding hydrogens is 302 g/mol. The number of anilines is 2. The van der Waals surface area contributed by atoms with Gasteiger partial charge in [0.25, 0.3) is 0 Å². The van der Waals surface area contributed by atoms with Gasteiger partial charge in [-0.1, -0.05) is 13.3 Å². The van der Waals surface area contributed by atoms with Crippen LogP contribution in [0.3, 0.4) is 0 Å². The molecule has 5 nitrogen and oxygen atoms in total. The molecule has 0 spiro atoms. The lowest BCUT2D eigenvalue weighted by Crippen LogP contribution is -2.33. The zero-order chi connectivity index (χ0) is 17.4. The van der Waals surface area contributed by atoms with E-state index in [4.69, 9.17) is 5.11 Å². The summed E-state index contributed by atoms with van der Waals surface area (Å²) in [5.41, 5.74) is 3.17. The fourth-order valence-electron chi connectivity index (χ4n) is 3.30. The van der Waals surface area contributed by atoms with E-state index in [1.165, 1.54) is 18.5 Å². The third kappa shape index (κ3) is 5.41. The van der Waals surface area contributed by atoms with Gasteiger partial charge in [-0.15, -0.1) is 0 Å². The number of aliphatic hydroxyl groups excluding tert-OH is 1. The van der Waals surface area contributed by atoms with Crippen molar-refractivity contribution in [2.24, 2.45) is 5.92 Å². The van der Waals surface area contributed by atoms with E-state index in [0.29, 0.717) is 12.5 Å². The average molecular weight is 333 g/mol. The standard InChI is InChI=1S/C19H31N3O2/c1-3-6-16(9-12-23)14-20-19(24)21-18-8-7-17(13-15(18)2)22-10-4-5-11-22/h7-8,13,16,23H,3-6,9-12,14H2,1-2H3,(H2,20,21,24). The Morgan fingerprint density at radius 1 is 1.29 bits per heavy atom. The number of benzene rings is 1. The molecule has 1 aromatic rings. The lowest BCUT2D eigenvalue weighted by atomic mass is 10.0. The van der Waals surface area contributed by atoms with Crippen molar-refractivity contribution < 1.29 is 9.90 Å². The quantitative estimate of drug-likeness (QED) is 0.682. The first kappa shape index (κ1) is 18.6. The predicted octanol–water partition coefficient (Wildman–Crippen LogP) is 3.52. The summed E-state index contributed by atoms with van der Waals surface area (Å²) in [5, 5.41) is 14.9. The normalized spacial score (nSPS) is 15.4. The number of amides is 2. The van der Waals surface area contributed by atoms with Crippen molar-refractivity contribution in [2.75, 3.05) is 36.5 Å². The second-order valence-electron chi connectivity index (χ2n) is 6.70. The topological polar surface area (TPSA) is 64.6 Å². The van der Waals surface area contributed by atoms with E-state index in [-0.39, 0.29) is 12.6 Å². The molecule has 1 aromatic carbocycles. The van der Waals surface area contributed by atoms with Crippen LogP contribution < -0.4 is 15.5 Å². The van der Waals surface area contributed by atoms with Crippen LogP contribution in [0.1, 0.15) is 44.6 Å². The maximum Gasteiger partial charge on any atom is 0.319 e. The van der Waals surface area contributed by atoms with E-state index >= 15 is 0 Å². The van der Waals surface area contributed by atoms with Crippen LogP contribution in [0, 0.1) is 12.8 Å². The minimum Gasteiger partial charge on any atom is -0.396 e. The van der Waals surface area contributed by atoms with Crippen molar-refractivity contribution in [3.05, 3.63) is 23.8 Å². The molecule has 2 rings (SSSR count). The number of aliphatic hydroxyl groups is 1. The molecule has 1 saturated heterocycles. The molecule has 5 heteroatoms. The summed E-state index contributed by atoms with van der Waals surface area (Å²) in [6, 6.07) is 6.04. The summed E-state index contributed by atoms with van der Waals surface area (Å²) >= 11 is 0. The zero-order valence-electron chi connectivity index (χ0n) is 15.0. The Balaban J connectivity index is 1.86. The molecule has 134 valence electrons. The number of carbonyl (C=O) groups excluding carboxylic acids is 1. The zero-order valence-corrected chi connectivity index (χ0v) is 15.0. The number of carbonyl (C=O) groups is 1. The van der Waals surface area contributed by atoms with Crippen LogP contribution in [-0.2, 0) is 0 Å². The van der Waals surface area contributed by atoms with E-state index in [1.54, 1.807) is 0 Å². The maximum absolute atomic E-state index is 12.1. The van der Waals surface area contributed by atoms with Crippen LogP contribution in [0.2, 0.25) is 0 Å². The largest absolute Gasteiger partial charge is 0.396 e. The van der Waals surface area contributed by atoms with Crippen molar-refractivity contribution >= 4 is 17.4 Å². The molecule has 2 amide bonds. The molecule has 1 unspecified atom stereocenters. The molecule has 1 fully saturated rings. The van der Waals surface area contributed by atoms with E-state index in [9.17, 15) is 4.79 Å². The fourth-order valence-corrected chi connectivity index (χ4v) is 3.30. The summed E-state index contributed by atoms with van der Waals surface area (Å²) in [6.45, 7) is 7.17. The first-order valence-corrected chi connectivity index (χ1v) is 9.15. The van der Waals surface area contributed by atoms with Crippen molar-refractivity contribution in [2.45, 2.75) is 46.0 Å². The molecule has 1 heterocycles. The van der Waals surface area contributed by atoms with Gasteiger partial charge in [0.1, 0.15) is 0 Å². The number of nitrogens with one attached hydrogen (secondary N) is 2. The number of hydrogen-bond acceptors (Lipinski definition) is 3. The van der Waals surface area contributed by atoms with Crippen LogP contribution in [0.15, 0.2) is 18.2 Å². The van der Waals surface area contributed by atoms with Gasteiger partial charge in [0.05, 0.1) is 0 Å². The Labute approximate surface area is 145 Å². The summed E-state index contributed by atoms with van der Waals surface area (Å²) in [5.74, 6) is 0.337. The number of rotatable bonds is 8. The van der Waals surface area contributed by atoms with Gasteiger partial charge in [-0.25, -0.2) is 4.79 Å².